The Balaban J connectivity index is 0.000000146. The minimum absolute atomic E-state index is 0.778. The normalized spacial score (nSPS) is 22.4. The molecule has 2 atom stereocenters. The molecular formula is C20H33N5. The molecule has 5 heteroatoms. The van der Waals surface area contributed by atoms with Crippen molar-refractivity contribution in [2.24, 2.45) is 23.7 Å². The van der Waals surface area contributed by atoms with Crippen LogP contribution in [0.1, 0.15) is 57.9 Å². The van der Waals surface area contributed by atoms with Crippen molar-refractivity contribution in [3.8, 4) is 0 Å². The van der Waals surface area contributed by atoms with Gasteiger partial charge < -0.3 is 9.13 Å². The van der Waals surface area contributed by atoms with Crippen LogP contribution in [0.3, 0.4) is 0 Å². The maximum Gasteiger partial charge on any atom is 0.132 e. The van der Waals surface area contributed by atoms with Gasteiger partial charge in [0.05, 0.1) is 0 Å². The summed E-state index contributed by atoms with van der Waals surface area (Å²) in [4.78, 5) is 4.41. The van der Waals surface area contributed by atoms with Crippen LogP contribution in [0, 0.1) is 30.6 Å². The van der Waals surface area contributed by atoms with Crippen LogP contribution in [0.4, 0.5) is 0 Å². The van der Waals surface area contributed by atoms with E-state index in [0.717, 1.165) is 48.9 Å². The second-order valence-corrected chi connectivity index (χ2v) is 8.41. The molecule has 0 fully saturated rings. The fraction of sp³-hybridized carbons (Fsp3) is 0.750. The van der Waals surface area contributed by atoms with Crippen molar-refractivity contribution in [3.63, 3.8) is 0 Å². The summed E-state index contributed by atoms with van der Waals surface area (Å²) in [6.07, 6.45) is 8.70. The molecular weight excluding hydrogens is 310 g/mol. The highest BCUT2D eigenvalue weighted by Gasteiger charge is 2.22. The lowest BCUT2D eigenvalue weighted by molar-refractivity contribution is 0.280. The lowest BCUT2D eigenvalue weighted by atomic mass is 9.89. The van der Waals surface area contributed by atoms with Crippen LogP contribution < -0.4 is 0 Å². The molecule has 2 aliphatic rings. The van der Waals surface area contributed by atoms with Crippen molar-refractivity contribution in [2.45, 2.75) is 73.4 Å². The zero-order chi connectivity index (χ0) is 18.0. The first-order chi connectivity index (χ1) is 12.0. The van der Waals surface area contributed by atoms with Crippen LogP contribution >= 0.6 is 0 Å². The van der Waals surface area contributed by atoms with Crippen molar-refractivity contribution in [1.82, 2.24) is 24.3 Å². The van der Waals surface area contributed by atoms with Crippen LogP contribution in [0.2, 0.25) is 0 Å². The number of hydrogen-bond acceptors (Lipinski definition) is 3. The highest BCUT2D eigenvalue weighted by Crippen LogP contribution is 2.26. The Kier molecular flexibility index (Phi) is 5.60. The van der Waals surface area contributed by atoms with Gasteiger partial charge in [0.25, 0.3) is 0 Å². The number of rotatable bonds is 2. The van der Waals surface area contributed by atoms with Crippen molar-refractivity contribution in [3.05, 3.63) is 29.9 Å². The van der Waals surface area contributed by atoms with E-state index in [-0.39, 0.29) is 0 Å². The van der Waals surface area contributed by atoms with E-state index in [0.29, 0.717) is 0 Å². The first-order valence-corrected chi connectivity index (χ1v) is 9.83. The summed E-state index contributed by atoms with van der Waals surface area (Å²) >= 11 is 0. The van der Waals surface area contributed by atoms with E-state index >= 15 is 0 Å². The lowest BCUT2D eigenvalue weighted by Crippen LogP contribution is -2.24. The number of aryl methyl sites for hydroxylation is 3. The standard InChI is InChI=1S/C11H18N2.C9H15N3/c1-8(2)10-4-5-11-12-6-9(3)13(11)7-10;1-7(2)8-3-4-9-11-10-6-12(9)5-8/h6,8,10H,4-5,7H2,1-3H3;6-8H,3-5H2,1-2H3. The molecule has 25 heavy (non-hydrogen) atoms. The van der Waals surface area contributed by atoms with Gasteiger partial charge in [-0.1, -0.05) is 27.7 Å². The number of fused-ring (bicyclic) bond motifs is 2. The van der Waals surface area contributed by atoms with Gasteiger partial charge in [0.15, 0.2) is 0 Å². The van der Waals surface area contributed by atoms with Gasteiger partial charge in [-0.2, -0.15) is 0 Å². The van der Waals surface area contributed by atoms with Crippen LogP contribution in [-0.2, 0) is 25.9 Å². The third-order valence-corrected chi connectivity index (χ3v) is 6.04. The average Bonchev–Trinajstić information content (AvgIpc) is 3.21. The first kappa shape index (κ1) is 18.2. The Labute approximate surface area is 151 Å². The average molecular weight is 344 g/mol. The van der Waals surface area contributed by atoms with Gasteiger partial charge in [-0.25, -0.2) is 4.98 Å². The number of nitrogens with zero attached hydrogens (tertiary/aromatic N) is 5. The highest BCUT2D eigenvalue weighted by molar-refractivity contribution is 5.06. The summed E-state index contributed by atoms with van der Waals surface area (Å²) in [5.41, 5.74) is 1.32. The van der Waals surface area contributed by atoms with Crippen LogP contribution in [-0.4, -0.2) is 24.3 Å². The van der Waals surface area contributed by atoms with Crippen molar-refractivity contribution in [2.75, 3.05) is 0 Å². The van der Waals surface area contributed by atoms with Gasteiger partial charge in [-0.3, -0.25) is 0 Å². The van der Waals surface area contributed by atoms with E-state index in [9.17, 15) is 0 Å². The van der Waals surface area contributed by atoms with Gasteiger partial charge in [-0.05, 0) is 43.4 Å². The fourth-order valence-corrected chi connectivity index (χ4v) is 3.97. The molecule has 0 aliphatic carbocycles. The Bertz CT molecular complexity index is 682. The third kappa shape index (κ3) is 4.13. The summed E-state index contributed by atoms with van der Waals surface area (Å²) in [6, 6.07) is 0. The molecule has 2 aliphatic heterocycles. The minimum Gasteiger partial charge on any atom is -0.332 e. The smallest absolute Gasteiger partial charge is 0.132 e. The predicted octanol–water partition coefficient (Wildman–Crippen LogP) is 3.91. The van der Waals surface area contributed by atoms with Crippen molar-refractivity contribution < 1.29 is 0 Å². The number of hydrogen-bond donors (Lipinski definition) is 0. The van der Waals surface area contributed by atoms with Gasteiger partial charge in [-0.15, -0.1) is 10.2 Å². The Morgan fingerprint density at radius 2 is 1.60 bits per heavy atom. The van der Waals surface area contributed by atoms with E-state index in [1.54, 1.807) is 0 Å². The van der Waals surface area contributed by atoms with Crippen LogP contribution in [0.25, 0.3) is 0 Å². The molecule has 0 N–H and O–H groups in total. The molecule has 5 nitrogen and oxygen atoms in total. The summed E-state index contributed by atoms with van der Waals surface area (Å²) < 4.78 is 4.57. The topological polar surface area (TPSA) is 48.5 Å². The van der Waals surface area contributed by atoms with E-state index < -0.39 is 0 Å². The monoisotopic (exact) mass is 343 g/mol. The molecule has 0 amide bonds. The largest absolute Gasteiger partial charge is 0.332 e. The molecule has 0 bridgehead atoms. The number of imidazole rings is 1. The predicted molar refractivity (Wildman–Crippen MR) is 100 cm³/mol. The molecule has 0 saturated carbocycles. The first-order valence-electron chi connectivity index (χ1n) is 9.83. The molecule has 0 saturated heterocycles. The molecule has 4 rings (SSSR count). The van der Waals surface area contributed by atoms with Gasteiger partial charge in [0.2, 0.25) is 0 Å². The molecule has 4 heterocycles. The maximum atomic E-state index is 4.41. The lowest BCUT2D eigenvalue weighted by Gasteiger charge is -2.27. The van der Waals surface area contributed by atoms with Crippen LogP contribution in [0.15, 0.2) is 12.5 Å². The van der Waals surface area contributed by atoms with E-state index in [2.05, 4.69) is 58.9 Å². The second kappa shape index (κ2) is 7.71. The van der Waals surface area contributed by atoms with E-state index in [1.807, 2.05) is 12.5 Å². The zero-order valence-corrected chi connectivity index (χ0v) is 16.4. The zero-order valence-electron chi connectivity index (χ0n) is 16.4. The molecule has 0 radical (unpaired) electrons. The number of aromatic nitrogens is 5. The van der Waals surface area contributed by atoms with Gasteiger partial charge in [0.1, 0.15) is 18.0 Å². The summed E-state index contributed by atoms with van der Waals surface area (Å²) in [6.45, 7) is 13.7. The fourth-order valence-electron chi connectivity index (χ4n) is 3.97. The Hall–Kier alpha value is -1.65. The summed E-state index contributed by atoms with van der Waals surface area (Å²) in [5.74, 6) is 5.69. The maximum absolute atomic E-state index is 4.41. The molecule has 0 aromatic carbocycles. The SMILES string of the molecule is CC(C)C1CCc2nncn2C1.Cc1cnc2n1CC(C(C)C)CC2. The molecule has 2 aromatic heterocycles. The Morgan fingerprint density at radius 3 is 2.28 bits per heavy atom. The van der Waals surface area contributed by atoms with E-state index in [4.69, 9.17) is 0 Å². The summed E-state index contributed by atoms with van der Waals surface area (Å²) in [5, 5.41) is 7.97. The minimum atomic E-state index is 0.778. The van der Waals surface area contributed by atoms with E-state index in [1.165, 1.54) is 30.9 Å². The highest BCUT2D eigenvalue weighted by atomic mass is 15.3. The molecule has 138 valence electrons. The van der Waals surface area contributed by atoms with Crippen molar-refractivity contribution >= 4 is 0 Å². The quantitative estimate of drug-likeness (QED) is 0.831. The molecule has 2 aromatic rings. The Morgan fingerprint density at radius 1 is 0.960 bits per heavy atom. The van der Waals surface area contributed by atoms with Gasteiger partial charge in [0, 0.05) is 37.8 Å². The van der Waals surface area contributed by atoms with Crippen molar-refractivity contribution in [1.29, 1.82) is 0 Å². The molecule has 0 spiro atoms. The second-order valence-electron chi connectivity index (χ2n) is 8.41. The van der Waals surface area contributed by atoms with Crippen LogP contribution in [0.5, 0.6) is 0 Å². The van der Waals surface area contributed by atoms with Gasteiger partial charge >= 0.3 is 0 Å². The molecule has 2 unspecified atom stereocenters. The third-order valence-electron chi connectivity index (χ3n) is 6.04. The summed E-state index contributed by atoms with van der Waals surface area (Å²) in [7, 11) is 0.